The third kappa shape index (κ3) is 5.48. The Morgan fingerprint density at radius 2 is 1.94 bits per heavy atom. The number of hydrogen-bond acceptors (Lipinski definition) is 5. The lowest BCUT2D eigenvalue weighted by Crippen LogP contribution is -2.38. The molecule has 0 radical (unpaired) electrons. The number of fused-ring (bicyclic) bond motifs is 1. The first-order chi connectivity index (χ1) is 15.5. The van der Waals surface area contributed by atoms with Gasteiger partial charge >= 0.3 is 0 Å². The molecule has 0 saturated carbocycles. The topological polar surface area (TPSA) is 83.8 Å². The lowest BCUT2D eigenvalue weighted by Gasteiger charge is -2.26. The first-order valence-electron chi connectivity index (χ1n) is 10.7. The predicted molar refractivity (Wildman–Crippen MR) is 124 cm³/mol. The average Bonchev–Trinajstić information content (AvgIpc) is 3.13. The van der Waals surface area contributed by atoms with Crippen LogP contribution in [0.5, 0.6) is 0 Å². The van der Waals surface area contributed by atoms with Crippen molar-refractivity contribution in [1.29, 1.82) is 0 Å². The molecule has 0 aliphatic carbocycles. The molecule has 0 unspecified atom stereocenters. The molecule has 8 heteroatoms. The molecule has 0 atom stereocenters. The number of aryl methyl sites for hydroxylation is 1. The summed E-state index contributed by atoms with van der Waals surface area (Å²) in [6.45, 7) is 6.03. The molecule has 0 bridgehead atoms. The van der Waals surface area contributed by atoms with E-state index in [0.29, 0.717) is 35.8 Å². The molecular formula is C24H26ClN3O4. The SMILES string of the molecule is Cc1c(C(=O)NCc2cccc(NC(=O)CCN3CCOCC3)c2)oc2ccc(Cl)cc12. The molecule has 2 N–H and O–H groups in total. The number of ether oxygens (including phenoxy) is 1. The standard InChI is InChI=1S/C24H26ClN3O4/c1-16-20-14-18(25)5-6-21(20)32-23(16)24(30)26-15-17-3-2-4-19(13-17)27-22(29)7-8-28-9-11-31-12-10-28/h2-6,13-14H,7-12,15H2,1H3,(H,26,30)(H,27,29). The smallest absolute Gasteiger partial charge is 0.287 e. The lowest BCUT2D eigenvalue weighted by atomic mass is 10.1. The monoisotopic (exact) mass is 455 g/mol. The molecule has 32 heavy (non-hydrogen) atoms. The van der Waals surface area contributed by atoms with Crippen molar-refractivity contribution in [1.82, 2.24) is 10.2 Å². The highest BCUT2D eigenvalue weighted by Gasteiger charge is 2.18. The van der Waals surface area contributed by atoms with E-state index in [2.05, 4.69) is 15.5 Å². The number of rotatable bonds is 7. The summed E-state index contributed by atoms with van der Waals surface area (Å²) in [5.74, 6) is -0.0566. The molecule has 2 heterocycles. The molecule has 1 aliphatic heterocycles. The maximum Gasteiger partial charge on any atom is 0.287 e. The van der Waals surface area contributed by atoms with E-state index in [-0.39, 0.29) is 17.6 Å². The number of anilines is 1. The van der Waals surface area contributed by atoms with Gasteiger partial charge in [0.05, 0.1) is 13.2 Å². The molecule has 1 saturated heterocycles. The summed E-state index contributed by atoms with van der Waals surface area (Å²) in [5, 5.41) is 7.23. The maximum atomic E-state index is 12.7. The Kier molecular flexibility index (Phi) is 7.09. The first kappa shape index (κ1) is 22.3. The van der Waals surface area contributed by atoms with E-state index < -0.39 is 0 Å². The Morgan fingerprint density at radius 1 is 1.12 bits per heavy atom. The summed E-state index contributed by atoms with van der Waals surface area (Å²) >= 11 is 6.05. The highest BCUT2D eigenvalue weighted by molar-refractivity contribution is 6.31. The largest absolute Gasteiger partial charge is 0.451 e. The van der Waals surface area contributed by atoms with Crippen LogP contribution < -0.4 is 10.6 Å². The summed E-state index contributed by atoms with van der Waals surface area (Å²) in [5.41, 5.74) is 2.96. The van der Waals surface area contributed by atoms with E-state index in [9.17, 15) is 9.59 Å². The second-order valence-electron chi connectivity index (χ2n) is 7.83. The number of halogens is 1. The first-order valence-corrected chi connectivity index (χ1v) is 11.0. The van der Waals surface area contributed by atoms with Gasteiger partial charge in [-0.3, -0.25) is 14.5 Å². The zero-order valence-corrected chi connectivity index (χ0v) is 18.7. The number of amides is 2. The second-order valence-corrected chi connectivity index (χ2v) is 8.27. The van der Waals surface area contributed by atoms with Gasteiger partial charge in [-0.05, 0) is 42.8 Å². The highest BCUT2D eigenvalue weighted by atomic mass is 35.5. The van der Waals surface area contributed by atoms with Crippen molar-refractivity contribution < 1.29 is 18.7 Å². The minimum atomic E-state index is -0.297. The summed E-state index contributed by atoms with van der Waals surface area (Å²) in [6.07, 6.45) is 0.427. The van der Waals surface area contributed by atoms with Crippen LogP contribution in [0.3, 0.4) is 0 Å². The molecule has 1 aliphatic rings. The zero-order chi connectivity index (χ0) is 22.5. The second kappa shape index (κ2) is 10.2. The van der Waals surface area contributed by atoms with Gasteiger partial charge in [0, 0.05) is 54.3 Å². The third-order valence-electron chi connectivity index (χ3n) is 5.53. The summed E-state index contributed by atoms with van der Waals surface area (Å²) in [6, 6.07) is 12.7. The van der Waals surface area contributed by atoms with Crippen LogP contribution in [0.15, 0.2) is 46.9 Å². The van der Waals surface area contributed by atoms with E-state index >= 15 is 0 Å². The third-order valence-corrected chi connectivity index (χ3v) is 5.76. The van der Waals surface area contributed by atoms with Gasteiger partial charge in [-0.1, -0.05) is 23.7 Å². The number of benzene rings is 2. The van der Waals surface area contributed by atoms with E-state index in [0.717, 1.165) is 42.8 Å². The number of nitrogens with zero attached hydrogens (tertiary/aromatic N) is 1. The molecule has 168 valence electrons. The lowest BCUT2D eigenvalue weighted by molar-refractivity contribution is -0.116. The Balaban J connectivity index is 1.32. The number of nitrogens with one attached hydrogen (secondary N) is 2. The van der Waals surface area contributed by atoms with Gasteiger partial charge in [0.25, 0.3) is 5.91 Å². The number of furan rings is 1. The summed E-state index contributed by atoms with van der Waals surface area (Å²) < 4.78 is 11.0. The predicted octanol–water partition coefficient (Wildman–Crippen LogP) is 3.99. The fourth-order valence-corrected chi connectivity index (χ4v) is 3.91. The van der Waals surface area contributed by atoms with Crippen molar-refractivity contribution in [3.05, 3.63) is 64.4 Å². The Morgan fingerprint density at radius 3 is 2.75 bits per heavy atom. The van der Waals surface area contributed by atoms with Gasteiger partial charge in [-0.15, -0.1) is 0 Å². The van der Waals surface area contributed by atoms with Crippen molar-refractivity contribution in [2.45, 2.75) is 19.9 Å². The Bertz CT molecular complexity index is 1120. The number of hydrogen-bond donors (Lipinski definition) is 2. The molecule has 0 spiro atoms. The quantitative estimate of drug-likeness (QED) is 0.563. The number of carbonyl (C=O) groups excluding carboxylic acids is 2. The molecule has 1 aromatic heterocycles. The van der Waals surface area contributed by atoms with Gasteiger partial charge in [-0.2, -0.15) is 0 Å². The fraction of sp³-hybridized carbons (Fsp3) is 0.333. The van der Waals surface area contributed by atoms with Crippen molar-refractivity contribution in [2.24, 2.45) is 0 Å². The molecule has 1 fully saturated rings. The zero-order valence-electron chi connectivity index (χ0n) is 17.9. The van der Waals surface area contributed by atoms with Gasteiger partial charge < -0.3 is 19.8 Å². The highest BCUT2D eigenvalue weighted by Crippen LogP contribution is 2.27. The van der Waals surface area contributed by atoms with Gasteiger partial charge in [-0.25, -0.2) is 0 Å². The van der Waals surface area contributed by atoms with E-state index in [1.165, 1.54) is 0 Å². The van der Waals surface area contributed by atoms with Crippen LogP contribution in [0, 0.1) is 6.92 Å². The Hall–Kier alpha value is -2.87. The van der Waals surface area contributed by atoms with Gasteiger partial charge in [0.2, 0.25) is 5.91 Å². The number of carbonyl (C=O) groups is 2. The summed E-state index contributed by atoms with van der Waals surface area (Å²) in [7, 11) is 0. The van der Waals surface area contributed by atoms with Crippen LogP contribution in [-0.4, -0.2) is 49.6 Å². The Labute approximate surface area is 191 Å². The van der Waals surface area contributed by atoms with Crippen LogP contribution in [-0.2, 0) is 16.1 Å². The molecule has 3 aromatic rings. The number of morpholine rings is 1. The summed E-state index contributed by atoms with van der Waals surface area (Å²) in [4.78, 5) is 27.2. The molecular weight excluding hydrogens is 430 g/mol. The van der Waals surface area contributed by atoms with Crippen molar-refractivity contribution >= 4 is 40.1 Å². The van der Waals surface area contributed by atoms with E-state index in [4.69, 9.17) is 20.8 Å². The molecule has 2 amide bonds. The van der Waals surface area contributed by atoms with Crippen LogP contribution >= 0.6 is 11.6 Å². The van der Waals surface area contributed by atoms with E-state index in [1.54, 1.807) is 18.2 Å². The van der Waals surface area contributed by atoms with Gasteiger partial charge in [0.1, 0.15) is 5.58 Å². The normalized spacial score (nSPS) is 14.4. The van der Waals surface area contributed by atoms with Crippen LogP contribution in [0.2, 0.25) is 5.02 Å². The molecule has 2 aromatic carbocycles. The fourth-order valence-electron chi connectivity index (χ4n) is 3.74. The minimum Gasteiger partial charge on any atom is -0.451 e. The molecule has 7 nitrogen and oxygen atoms in total. The van der Waals surface area contributed by atoms with Gasteiger partial charge in [0.15, 0.2) is 5.76 Å². The minimum absolute atomic E-state index is 0.0331. The van der Waals surface area contributed by atoms with Crippen LogP contribution in [0.4, 0.5) is 5.69 Å². The van der Waals surface area contributed by atoms with Crippen LogP contribution in [0.25, 0.3) is 11.0 Å². The maximum absolute atomic E-state index is 12.7. The van der Waals surface area contributed by atoms with E-state index in [1.807, 2.05) is 31.2 Å². The average molecular weight is 456 g/mol. The van der Waals surface area contributed by atoms with Crippen LogP contribution in [0.1, 0.15) is 28.1 Å². The van der Waals surface area contributed by atoms with Crippen molar-refractivity contribution in [2.75, 3.05) is 38.2 Å². The molecule has 4 rings (SSSR count). The van der Waals surface area contributed by atoms with Crippen molar-refractivity contribution in [3.63, 3.8) is 0 Å². The van der Waals surface area contributed by atoms with Crippen molar-refractivity contribution in [3.8, 4) is 0 Å².